The second-order valence-corrected chi connectivity index (χ2v) is 28.3. The first-order valence-corrected chi connectivity index (χ1v) is 31.8. The van der Waals surface area contributed by atoms with Crippen molar-refractivity contribution >= 4 is 94.3 Å². The van der Waals surface area contributed by atoms with Crippen LogP contribution >= 0.6 is 0 Å². The number of benzene rings is 12. The van der Waals surface area contributed by atoms with Crippen LogP contribution in [0.2, 0.25) is 0 Å². The molecule has 0 unspecified atom stereocenters. The van der Waals surface area contributed by atoms with Crippen molar-refractivity contribution in [2.75, 3.05) is 4.90 Å². The van der Waals surface area contributed by atoms with E-state index in [0.717, 1.165) is 39.2 Å². The van der Waals surface area contributed by atoms with Crippen molar-refractivity contribution in [3.05, 3.63) is 288 Å². The third-order valence-corrected chi connectivity index (χ3v) is 20.4. The molecule has 0 spiro atoms. The van der Waals surface area contributed by atoms with E-state index in [-0.39, 0.29) is 28.4 Å². The monoisotopic (exact) mass is 1150 g/mol. The van der Waals surface area contributed by atoms with Gasteiger partial charge in [-0.3, -0.25) is 4.98 Å². The van der Waals surface area contributed by atoms with E-state index in [1.54, 1.807) is 0 Å². The molecule has 4 heterocycles. The lowest BCUT2D eigenvalue weighted by Crippen LogP contribution is -2.60. The maximum atomic E-state index is 5.52. The Morgan fingerprint density at radius 3 is 1.46 bits per heavy atom. The van der Waals surface area contributed by atoms with E-state index in [2.05, 4.69) is 327 Å². The maximum Gasteiger partial charge on any atom is 0.252 e. The van der Waals surface area contributed by atoms with Gasteiger partial charge in [0.05, 0.1) is 11.2 Å². The zero-order valence-electron chi connectivity index (χ0n) is 52.7. The normalized spacial score (nSPS) is 13.2. The van der Waals surface area contributed by atoms with Crippen LogP contribution in [0.25, 0.3) is 93.3 Å². The highest BCUT2D eigenvalue weighted by molar-refractivity contribution is 7.00. The molecule has 430 valence electrons. The van der Waals surface area contributed by atoms with E-state index in [9.17, 15) is 0 Å². The van der Waals surface area contributed by atoms with Gasteiger partial charge >= 0.3 is 0 Å². The molecule has 0 N–H and O–H groups in total. The number of fused-ring (bicyclic) bond motifs is 14. The molecule has 0 bridgehead atoms. The van der Waals surface area contributed by atoms with Crippen LogP contribution in [0.4, 0.5) is 17.1 Å². The summed E-state index contributed by atoms with van der Waals surface area (Å²) in [7, 11) is 0. The average Bonchev–Trinajstić information content (AvgIpc) is 1.63. The van der Waals surface area contributed by atoms with Gasteiger partial charge in [0.15, 0.2) is 0 Å². The first-order valence-electron chi connectivity index (χ1n) is 31.8. The highest BCUT2D eigenvalue weighted by atomic mass is 15.2. The van der Waals surface area contributed by atoms with Crippen LogP contribution < -0.4 is 21.3 Å². The molecule has 0 saturated carbocycles. The lowest BCUT2D eigenvalue weighted by atomic mass is 9.33. The third-order valence-electron chi connectivity index (χ3n) is 20.4. The van der Waals surface area contributed by atoms with Crippen molar-refractivity contribution in [2.24, 2.45) is 0 Å². The Morgan fingerprint density at radius 1 is 0.348 bits per heavy atom. The van der Waals surface area contributed by atoms with Crippen LogP contribution in [0.5, 0.6) is 0 Å². The van der Waals surface area contributed by atoms with Gasteiger partial charge in [-0.2, -0.15) is 0 Å². The Bertz CT molecular complexity index is 5020. The summed E-state index contributed by atoms with van der Waals surface area (Å²) in [6.07, 6.45) is 2.03. The lowest BCUT2D eigenvalue weighted by molar-refractivity contribution is 0.590. The van der Waals surface area contributed by atoms with Crippen molar-refractivity contribution in [1.29, 1.82) is 0 Å². The van der Waals surface area contributed by atoms with Crippen molar-refractivity contribution < 1.29 is 0 Å². The molecule has 4 heteroatoms. The number of hydrogen-bond acceptors (Lipinski definition) is 2. The third kappa shape index (κ3) is 8.43. The van der Waals surface area contributed by atoms with Gasteiger partial charge in [0.1, 0.15) is 0 Å². The van der Waals surface area contributed by atoms with Gasteiger partial charge in [0.2, 0.25) is 0 Å². The summed E-state index contributed by atoms with van der Waals surface area (Å²) >= 11 is 0. The van der Waals surface area contributed by atoms with Gasteiger partial charge in [-0.05, 0) is 147 Å². The van der Waals surface area contributed by atoms with Crippen LogP contribution in [0.3, 0.4) is 0 Å². The van der Waals surface area contributed by atoms with Crippen molar-refractivity contribution in [1.82, 2.24) is 9.55 Å². The van der Waals surface area contributed by atoms with E-state index >= 15 is 0 Å². The first kappa shape index (κ1) is 54.6. The maximum absolute atomic E-state index is 5.52. The quantitative estimate of drug-likeness (QED) is 0.112. The number of rotatable bonds is 8. The van der Waals surface area contributed by atoms with Crippen LogP contribution in [0.15, 0.2) is 255 Å². The van der Waals surface area contributed by atoms with E-state index in [0.29, 0.717) is 0 Å². The molecule has 3 nitrogen and oxygen atoms in total. The van der Waals surface area contributed by atoms with Crippen LogP contribution in [-0.4, -0.2) is 16.3 Å². The summed E-state index contributed by atoms with van der Waals surface area (Å²) < 4.78 is 2.67. The molecule has 0 aliphatic carbocycles. The predicted octanol–water partition coefficient (Wildman–Crippen LogP) is 20.5. The molecular formula is C85H72BN3. The summed E-state index contributed by atoms with van der Waals surface area (Å²) in [4.78, 5) is 8.11. The summed E-state index contributed by atoms with van der Waals surface area (Å²) in [6, 6.07) is 94.6. The topological polar surface area (TPSA) is 21.1 Å². The van der Waals surface area contributed by atoms with Gasteiger partial charge in [-0.1, -0.05) is 275 Å². The van der Waals surface area contributed by atoms with Gasteiger partial charge in [0, 0.05) is 72.6 Å². The largest absolute Gasteiger partial charge is 0.311 e. The van der Waals surface area contributed by atoms with Crippen LogP contribution in [-0.2, 0) is 21.7 Å². The summed E-state index contributed by atoms with van der Waals surface area (Å²) in [5, 5.41) is 10.2. The fourth-order valence-electron chi connectivity index (χ4n) is 15.3. The van der Waals surface area contributed by atoms with E-state index in [1.807, 2.05) is 6.20 Å². The molecular weight excluding hydrogens is 1070 g/mol. The number of para-hydroxylation sites is 1. The van der Waals surface area contributed by atoms with Crippen LogP contribution in [0.1, 0.15) is 103 Å². The molecule has 0 fully saturated rings. The highest BCUT2D eigenvalue weighted by Crippen LogP contribution is 2.50. The van der Waals surface area contributed by atoms with Crippen molar-refractivity contribution in [3.63, 3.8) is 0 Å². The van der Waals surface area contributed by atoms with E-state index in [1.165, 1.54) is 121 Å². The van der Waals surface area contributed by atoms with Gasteiger partial charge in [0.25, 0.3) is 6.71 Å². The lowest BCUT2D eigenvalue weighted by Gasteiger charge is -2.41. The van der Waals surface area contributed by atoms with Gasteiger partial charge in [-0.25, -0.2) is 0 Å². The molecule has 2 aliphatic rings. The molecule has 0 saturated heterocycles. The standard InChI is InChI=1S/C85H72BN3/c1-82(2,3)56-40-43-62(44-41-56)88-72-46-42-61(83(4,5)6)52-71(72)86-70-31-21-30-69-78-73(47-45-68-66-28-18-17-26-64(66)65-27-19-20-29-67(65)77(68)78)89(81(69)70)75-51-55(50-74(88)79(75)86)76-63(53-32-36-59(37-33-53)84(7,8)57-22-13-11-14-23-57)48-49-87-80(76)54-34-38-60(39-35-54)85(9,10)58-24-15-12-16-25-58/h11-52H,1-10H3. The molecule has 89 heavy (non-hydrogen) atoms. The second kappa shape index (κ2) is 19.9. The summed E-state index contributed by atoms with van der Waals surface area (Å²) in [6.45, 7) is 23.2. The second-order valence-electron chi connectivity index (χ2n) is 28.3. The molecule has 2 aliphatic heterocycles. The number of hydrogen-bond donors (Lipinski definition) is 0. The van der Waals surface area contributed by atoms with Crippen molar-refractivity contribution in [3.8, 4) is 39.2 Å². The molecule has 0 radical (unpaired) electrons. The molecule has 2 aromatic heterocycles. The number of nitrogens with zero attached hydrogens (tertiary/aromatic N) is 3. The Morgan fingerprint density at radius 2 is 0.854 bits per heavy atom. The Balaban J connectivity index is 1.03. The fourth-order valence-corrected chi connectivity index (χ4v) is 15.3. The Hall–Kier alpha value is -9.77. The SMILES string of the molecule is CC(C)(C)c1ccc(N2c3ccc(C(C)(C)C)cc3B3c4c2cc(-c2c(-c5ccc(C(C)(C)c6ccccc6)cc5)ccnc2-c2ccc(C(C)(C)c5ccccc5)cc2)cc4-n2c4ccc5c6ccccc6c6ccccc6c5c4c4cccc3c42)cc1. The molecule has 14 aromatic rings. The Kier molecular flexibility index (Phi) is 12.2. The highest BCUT2D eigenvalue weighted by Gasteiger charge is 2.44. The molecule has 0 amide bonds. The minimum absolute atomic E-state index is 0.0193. The smallest absolute Gasteiger partial charge is 0.252 e. The minimum Gasteiger partial charge on any atom is -0.311 e. The summed E-state index contributed by atoms with van der Waals surface area (Å²) in [5.41, 5.74) is 24.8. The first-order chi connectivity index (χ1) is 42.9. The van der Waals surface area contributed by atoms with Crippen LogP contribution in [0, 0.1) is 0 Å². The predicted molar refractivity (Wildman–Crippen MR) is 381 cm³/mol. The van der Waals surface area contributed by atoms with E-state index < -0.39 is 0 Å². The Labute approximate surface area is 524 Å². The fraction of sp³-hybridized carbons (Fsp3) is 0.165. The molecule has 0 atom stereocenters. The van der Waals surface area contributed by atoms with E-state index in [4.69, 9.17) is 4.98 Å². The summed E-state index contributed by atoms with van der Waals surface area (Å²) in [5.74, 6) is 0. The minimum atomic E-state index is -0.213. The zero-order valence-corrected chi connectivity index (χ0v) is 52.7. The molecule has 12 aromatic carbocycles. The van der Waals surface area contributed by atoms with Crippen molar-refractivity contribution in [2.45, 2.75) is 90.9 Å². The zero-order chi connectivity index (χ0) is 60.9. The number of anilines is 3. The van der Waals surface area contributed by atoms with Gasteiger partial charge in [-0.15, -0.1) is 0 Å². The number of aromatic nitrogens is 2. The number of pyridine rings is 1. The molecule has 16 rings (SSSR count). The van der Waals surface area contributed by atoms with Gasteiger partial charge < -0.3 is 9.47 Å². The average molecular weight is 1150 g/mol.